The fourth-order valence-electron chi connectivity index (χ4n) is 2.25. The molecule has 1 unspecified atom stereocenters. The Kier molecular flexibility index (Phi) is 4.27. The van der Waals surface area contributed by atoms with E-state index >= 15 is 0 Å². The quantitative estimate of drug-likeness (QED) is 0.559. The van der Waals surface area contributed by atoms with Gasteiger partial charge in [0.1, 0.15) is 0 Å². The van der Waals surface area contributed by atoms with E-state index in [4.69, 9.17) is 0 Å². The van der Waals surface area contributed by atoms with E-state index in [0.29, 0.717) is 0 Å². The van der Waals surface area contributed by atoms with Crippen LogP contribution >= 0.6 is 0 Å². The molecule has 74 valence electrons. The topological polar surface area (TPSA) is 0 Å². The van der Waals surface area contributed by atoms with Crippen molar-refractivity contribution in [3.8, 4) is 0 Å². The fraction of sp³-hybridized carbons (Fsp3) is 0.692. The minimum atomic E-state index is 0.720. The van der Waals surface area contributed by atoms with Gasteiger partial charge in [0.05, 0.1) is 0 Å². The molecule has 1 rings (SSSR count). The van der Waals surface area contributed by atoms with Crippen LogP contribution in [0.15, 0.2) is 23.3 Å². The Morgan fingerprint density at radius 1 is 1.38 bits per heavy atom. The lowest BCUT2D eigenvalue weighted by molar-refractivity contribution is 0.706. The number of rotatable bonds is 3. The molecule has 0 radical (unpaired) electrons. The summed E-state index contributed by atoms with van der Waals surface area (Å²) in [6, 6.07) is 0. The first-order chi connectivity index (χ1) is 6.24. The molecule has 1 aliphatic carbocycles. The van der Waals surface area contributed by atoms with Gasteiger partial charge in [-0.3, -0.25) is 0 Å². The maximum Gasteiger partial charge on any atom is -0.0225 e. The lowest BCUT2D eigenvalue weighted by Crippen LogP contribution is -1.93. The summed E-state index contributed by atoms with van der Waals surface area (Å²) in [6.07, 6.45) is 11.3. The summed E-state index contributed by atoms with van der Waals surface area (Å²) in [6.45, 7) is 6.73. The van der Waals surface area contributed by atoms with Gasteiger partial charge in [-0.2, -0.15) is 0 Å². The molecule has 1 aliphatic rings. The summed E-state index contributed by atoms with van der Waals surface area (Å²) in [4.78, 5) is 0. The van der Waals surface area contributed by atoms with Crippen LogP contribution in [-0.4, -0.2) is 0 Å². The molecule has 0 aromatic heterocycles. The van der Waals surface area contributed by atoms with Gasteiger partial charge in [-0.25, -0.2) is 0 Å². The molecule has 0 N–H and O–H groups in total. The zero-order valence-corrected chi connectivity index (χ0v) is 9.27. The summed E-state index contributed by atoms with van der Waals surface area (Å²) in [5.74, 6) is 0.720. The van der Waals surface area contributed by atoms with Gasteiger partial charge in [-0.1, -0.05) is 30.2 Å². The summed E-state index contributed by atoms with van der Waals surface area (Å²) >= 11 is 0. The third kappa shape index (κ3) is 3.38. The lowest BCUT2D eigenvalue weighted by atomic mass is 9.97. The van der Waals surface area contributed by atoms with E-state index in [2.05, 4.69) is 32.9 Å². The van der Waals surface area contributed by atoms with Crippen molar-refractivity contribution in [2.24, 2.45) is 5.92 Å². The van der Waals surface area contributed by atoms with Gasteiger partial charge in [-0.15, -0.1) is 0 Å². The highest BCUT2D eigenvalue weighted by molar-refractivity contribution is 5.16. The van der Waals surface area contributed by atoms with Gasteiger partial charge in [0.15, 0.2) is 0 Å². The average Bonchev–Trinajstić information content (AvgIpc) is 2.55. The molecule has 1 atom stereocenters. The maximum absolute atomic E-state index is 2.32. The molecule has 0 spiro atoms. The number of allylic oxidation sites excluding steroid dienone is 4. The van der Waals surface area contributed by atoms with Crippen LogP contribution in [0.5, 0.6) is 0 Å². The van der Waals surface area contributed by atoms with Crippen LogP contribution < -0.4 is 0 Å². The zero-order chi connectivity index (χ0) is 9.68. The van der Waals surface area contributed by atoms with Crippen molar-refractivity contribution < 1.29 is 0 Å². The molecule has 1 fully saturated rings. The Hall–Kier alpha value is -0.520. The predicted molar refractivity (Wildman–Crippen MR) is 59.8 cm³/mol. The normalized spacial score (nSPS) is 19.8. The Morgan fingerprint density at radius 3 is 2.54 bits per heavy atom. The van der Waals surface area contributed by atoms with Gasteiger partial charge in [0.25, 0.3) is 0 Å². The van der Waals surface area contributed by atoms with Crippen molar-refractivity contribution in [2.75, 3.05) is 0 Å². The third-order valence-electron chi connectivity index (χ3n) is 2.96. The van der Waals surface area contributed by atoms with Crippen molar-refractivity contribution in [2.45, 2.75) is 52.9 Å². The van der Waals surface area contributed by atoms with E-state index < -0.39 is 0 Å². The monoisotopic (exact) mass is 178 g/mol. The van der Waals surface area contributed by atoms with E-state index in [1.165, 1.54) is 32.1 Å². The smallest absolute Gasteiger partial charge is 0.0225 e. The first-order valence-electron chi connectivity index (χ1n) is 5.54. The van der Waals surface area contributed by atoms with E-state index in [1.54, 1.807) is 11.1 Å². The number of hydrogen-bond donors (Lipinski definition) is 0. The Labute approximate surface area is 82.7 Å². The summed E-state index contributed by atoms with van der Waals surface area (Å²) < 4.78 is 0. The molecule has 0 heteroatoms. The highest BCUT2D eigenvalue weighted by Crippen LogP contribution is 2.29. The maximum atomic E-state index is 2.32. The third-order valence-corrected chi connectivity index (χ3v) is 2.96. The van der Waals surface area contributed by atoms with E-state index in [9.17, 15) is 0 Å². The molecule has 0 saturated heterocycles. The van der Waals surface area contributed by atoms with Gasteiger partial charge >= 0.3 is 0 Å². The predicted octanol–water partition coefficient (Wildman–Crippen LogP) is 4.48. The second-order valence-corrected chi connectivity index (χ2v) is 4.30. The minimum Gasteiger partial charge on any atom is -0.0914 e. The fourth-order valence-corrected chi connectivity index (χ4v) is 2.25. The highest BCUT2D eigenvalue weighted by atomic mass is 14.2. The van der Waals surface area contributed by atoms with Crippen LogP contribution in [-0.2, 0) is 0 Å². The second kappa shape index (κ2) is 5.26. The lowest BCUT2D eigenvalue weighted by Gasteiger charge is -2.09. The van der Waals surface area contributed by atoms with Crippen molar-refractivity contribution in [1.29, 1.82) is 0 Å². The minimum absolute atomic E-state index is 0.720. The van der Waals surface area contributed by atoms with Crippen LogP contribution in [0.1, 0.15) is 52.9 Å². The molecule has 0 bridgehead atoms. The zero-order valence-electron chi connectivity index (χ0n) is 9.27. The Bertz CT molecular complexity index is 200. The Morgan fingerprint density at radius 2 is 2.00 bits per heavy atom. The molecular weight excluding hydrogens is 156 g/mol. The molecule has 1 saturated carbocycles. The molecule has 0 nitrogen and oxygen atoms in total. The molecule has 0 aliphatic heterocycles. The molecule has 13 heavy (non-hydrogen) atoms. The van der Waals surface area contributed by atoms with E-state index in [-0.39, 0.29) is 0 Å². The van der Waals surface area contributed by atoms with Gasteiger partial charge in [-0.05, 0) is 51.9 Å². The van der Waals surface area contributed by atoms with Crippen LogP contribution in [0, 0.1) is 5.92 Å². The summed E-state index contributed by atoms with van der Waals surface area (Å²) in [5, 5.41) is 0. The average molecular weight is 178 g/mol. The largest absolute Gasteiger partial charge is 0.0914 e. The van der Waals surface area contributed by atoms with Crippen LogP contribution in [0.3, 0.4) is 0 Å². The molecule has 0 heterocycles. The van der Waals surface area contributed by atoms with Crippen LogP contribution in [0.25, 0.3) is 0 Å². The standard InChI is InChI=1S/C13H22/c1-4-7-11(2)10-12(3)13-8-5-6-9-13/h4,7,11H,5-6,8-10H2,1-3H3. The molecular formula is C13H22. The molecule has 0 aromatic rings. The van der Waals surface area contributed by atoms with Crippen LogP contribution in [0.2, 0.25) is 0 Å². The van der Waals surface area contributed by atoms with Crippen molar-refractivity contribution in [3.63, 3.8) is 0 Å². The van der Waals surface area contributed by atoms with E-state index in [1.807, 2.05) is 0 Å². The van der Waals surface area contributed by atoms with Crippen molar-refractivity contribution in [1.82, 2.24) is 0 Å². The second-order valence-electron chi connectivity index (χ2n) is 4.30. The first kappa shape index (κ1) is 10.6. The highest BCUT2D eigenvalue weighted by Gasteiger charge is 2.10. The van der Waals surface area contributed by atoms with Gasteiger partial charge in [0, 0.05) is 0 Å². The van der Waals surface area contributed by atoms with Crippen molar-refractivity contribution >= 4 is 0 Å². The van der Waals surface area contributed by atoms with Crippen molar-refractivity contribution in [3.05, 3.63) is 23.3 Å². The van der Waals surface area contributed by atoms with Gasteiger partial charge < -0.3 is 0 Å². The van der Waals surface area contributed by atoms with E-state index in [0.717, 1.165) is 5.92 Å². The number of hydrogen-bond acceptors (Lipinski definition) is 0. The SMILES string of the molecule is CC=CC(C)CC(C)=C1CCCC1. The van der Waals surface area contributed by atoms with Crippen LogP contribution in [0.4, 0.5) is 0 Å². The Balaban J connectivity index is 2.47. The van der Waals surface area contributed by atoms with Gasteiger partial charge in [0.2, 0.25) is 0 Å². The molecule has 0 amide bonds. The molecule has 0 aromatic carbocycles. The first-order valence-corrected chi connectivity index (χ1v) is 5.54. The summed E-state index contributed by atoms with van der Waals surface area (Å²) in [7, 11) is 0. The summed E-state index contributed by atoms with van der Waals surface area (Å²) in [5.41, 5.74) is 3.40.